The summed E-state index contributed by atoms with van der Waals surface area (Å²) in [5.74, 6) is -1.37. The number of carbonyl (C=O) groups is 2. The van der Waals surface area contributed by atoms with Crippen LogP contribution in [0.25, 0.3) is 0 Å². The average molecular weight is 251 g/mol. The van der Waals surface area contributed by atoms with E-state index < -0.39 is 5.97 Å². The molecule has 0 aliphatic carbocycles. The minimum atomic E-state index is -1.23. The van der Waals surface area contributed by atoms with Gasteiger partial charge >= 0.3 is 51.4 Å². The summed E-state index contributed by atoms with van der Waals surface area (Å²) >= 11 is 0. The second-order valence-corrected chi connectivity index (χ2v) is 3.39. The van der Waals surface area contributed by atoms with Gasteiger partial charge in [0, 0.05) is 13.5 Å². The Morgan fingerprint density at radius 1 is 1.31 bits per heavy atom. The van der Waals surface area contributed by atoms with Crippen LogP contribution < -0.4 is 56.5 Å². The van der Waals surface area contributed by atoms with Crippen LogP contribution in [0.5, 0.6) is 0 Å². The van der Waals surface area contributed by atoms with Crippen LogP contribution in [0.4, 0.5) is 0 Å². The maximum absolute atomic E-state index is 11.3. The first-order valence-corrected chi connectivity index (χ1v) is 5.16. The number of likely N-dealkylation sites (N-methyl/N-ethyl adjacent to an activating group) is 1. The number of allylic oxidation sites excluding steroid dienone is 2. The van der Waals surface area contributed by atoms with Crippen molar-refractivity contribution in [2.24, 2.45) is 0 Å². The summed E-state index contributed by atoms with van der Waals surface area (Å²) in [6.07, 6.45) is 7.09. The topological polar surface area (TPSA) is 60.4 Å². The van der Waals surface area contributed by atoms with Crippen LogP contribution in [0, 0.1) is 0 Å². The van der Waals surface area contributed by atoms with Gasteiger partial charge in [-0.1, -0.05) is 19.1 Å². The molecule has 0 aliphatic rings. The van der Waals surface area contributed by atoms with E-state index in [0.29, 0.717) is 6.42 Å². The van der Waals surface area contributed by atoms with E-state index in [4.69, 9.17) is 0 Å². The van der Waals surface area contributed by atoms with E-state index >= 15 is 0 Å². The molecule has 0 unspecified atom stereocenters. The first-order chi connectivity index (χ1) is 7.07. The quantitative estimate of drug-likeness (QED) is 0.282. The predicted molar refractivity (Wildman–Crippen MR) is 55.9 cm³/mol. The molecule has 0 aromatic heterocycles. The molecule has 5 heteroatoms. The zero-order valence-corrected chi connectivity index (χ0v) is 13.5. The Balaban J connectivity index is 0. The summed E-state index contributed by atoms with van der Waals surface area (Å²) in [6, 6.07) is 0. The molecule has 0 radical (unpaired) electrons. The molecule has 0 bridgehead atoms. The molecule has 16 heavy (non-hydrogen) atoms. The molecule has 0 N–H and O–H groups in total. The summed E-state index contributed by atoms with van der Waals surface area (Å²) in [6.45, 7) is 1.72. The van der Waals surface area contributed by atoms with E-state index in [2.05, 4.69) is 13.0 Å². The molecule has 0 heterocycles. The normalized spacial score (nSPS) is 9.88. The summed E-state index contributed by atoms with van der Waals surface area (Å²) < 4.78 is 0. The Morgan fingerprint density at radius 3 is 2.44 bits per heavy atom. The van der Waals surface area contributed by atoms with Gasteiger partial charge < -0.3 is 14.8 Å². The molecule has 0 aromatic carbocycles. The minimum absolute atomic E-state index is 0. The molecule has 0 saturated carbocycles. The molecule has 1 amide bonds. The van der Waals surface area contributed by atoms with Gasteiger partial charge in [0.2, 0.25) is 5.91 Å². The third-order valence-electron chi connectivity index (χ3n) is 1.96. The van der Waals surface area contributed by atoms with Crippen molar-refractivity contribution in [1.29, 1.82) is 0 Å². The predicted octanol–water partition coefficient (Wildman–Crippen LogP) is -2.66. The van der Waals surface area contributed by atoms with Gasteiger partial charge in [0.1, 0.15) is 0 Å². The summed E-state index contributed by atoms with van der Waals surface area (Å²) in [5.41, 5.74) is 0. The van der Waals surface area contributed by atoms with Crippen LogP contribution in [0.1, 0.15) is 32.6 Å². The van der Waals surface area contributed by atoms with Gasteiger partial charge in [-0.3, -0.25) is 4.79 Å². The number of carboxylic acids is 1. The molecule has 86 valence electrons. The van der Waals surface area contributed by atoms with Crippen molar-refractivity contribution < 1.29 is 66.1 Å². The van der Waals surface area contributed by atoms with Gasteiger partial charge in [0.05, 0.1) is 12.5 Å². The fourth-order valence-corrected chi connectivity index (χ4v) is 1.13. The zero-order chi connectivity index (χ0) is 11.7. The van der Waals surface area contributed by atoms with Crippen molar-refractivity contribution in [3.63, 3.8) is 0 Å². The van der Waals surface area contributed by atoms with Crippen LogP contribution in [0.3, 0.4) is 0 Å². The van der Waals surface area contributed by atoms with Crippen molar-refractivity contribution >= 4 is 11.9 Å². The number of carboxylic acid groups (broad SMARTS) is 1. The van der Waals surface area contributed by atoms with Gasteiger partial charge in [-0.25, -0.2) is 0 Å². The van der Waals surface area contributed by atoms with Crippen molar-refractivity contribution in [3.8, 4) is 0 Å². The molecule has 4 nitrogen and oxygen atoms in total. The van der Waals surface area contributed by atoms with Gasteiger partial charge in [-0.05, 0) is 19.3 Å². The van der Waals surface area contributed by atoms with Crippen LogP contribution in [0.15, 0.2) is 12.2 Å². The second kappa shape index (κ2) is 11.8. The van der Waals surface area contributed by atoms with Crippen molar-refractivity contribution in [1.82, 2.24) is 4.90 Å². The third-order valence-corrected chi connectivity index (χ3v) is 1.96. The van der Waals surface area contributed by atoms with Crippen LogP contribution in [-0.2, 0) is 9.59 Å². The summed E-state index contributed by atoms with van der Waals surface area (Å²) in [5, 5.41) is 10.2. The Hall–Kier alpha value is 0.316. The van der Waals surface area contributed by atoms with Crippen LogP contribution >= 0.6 is 0 Å². The number of rotatable bonds is 7. The van der Waals surface area contributed by atoms with Gasteiger partial charge in [0.15, 0.2) is 0 Å². The number of hydrogen-bond donors (Lipinski definition) is 0. The van der Waals surface area contributed by atoms with Crippen molar-refractivity contribution in [2.45, 2.75) is 32.6 Å². The SMILES string of the molecule is CC/C=C/CCCC(=O)N(C)CC(=O)[O-].[K+]. The number of unbranched alkanes of at least 4 members (excludes halogenated alkanes) is 1. The largest absolute Gasteiger partial charge is 1.00 e. The summed E-state index contributed by atoms with van der Waals surface area (Å²) in [7, 11) is 1.47. The maximum atomic E-state index is 11.3. The maximum Gasteiger partial charge on any atom is 1.00 e. The number of carbonyl (C=O) groups excluding carboxylic acids is 2. The Bertz CT molecular complexity index is 241. The first-order valence-electron chi connectivity index (χ1n) is 5.16. The molecule has 0 fully saturated rings. The van der Waals surface area contributed by atoms with Crippen molar-refractivity contribution in [2.75, 3.05) is 13.6 Å². The zero-order valence-electron chi connectivity index (χ0n) is 10.4. The molecule has 0 atom stereocenters. The molecular weight excluding hydrogens is 233 g/mol. The smallest absolute Gasteiger partial charge is 0.548 e. The minimum Gasteiger partial charge on any atom is -0.548 e. The van der Waals surface area contributed by atoms with Crippen molar-refractivity contribution in [3.05, 3.63) is 12.2 Å². The fourth-order valence-electron chi connectivity index (χ4n) is 1.13. The van der Waals surface area contributed by atoms with E-state index in [1.807, 2.05) is 6.08 Å². The van der Waals surface area contributed by atoms with Gasteiger partial charge in [-0.2, -0.15) is 0 Å². The molecule has 0 rings (SSSR count). The number of hydrogen-bond acceptors (Lipinski definition) is 3. The van der Waals surface area contributed by atoms with Crippen LogP contribution in [0.2, 0.25) is 0 Å². The Labute approximate surface area is 139 Å². The average Bonchev–Trinajstić information content (AvgIpc) is 2.16. The molecule has 0 saturated heterocycles. The monoisotopic (exact) mass is 251 g/mol. The standard InChI is InChI=1S/C11H19NO3.K/c1-3-4-5-6-7-8-10(13)12(2)9-11(14)15;/h4-5H,3,6-9H2,1-2H3,(H,14,15);/q;+1/p-1/b5-4+;. The van der Waals surface area contributed by atoms with E-state index in [1.165, 1.54) is 11.9 Å². The van der Waals surface area contributed by atoms with E-state index in [-0.39, 0.29) is 63.8 Å². The molecule has 0 aliphatic heterocycles. The number of aliphatic carboxylic acids is 1. The van der Waals surface area contributed by atoms with E-state index in [9.17, 15) is 14.7 Å². The fraction of sp³-hybridized carbons (Fsp3) is 0.636. The molecule has 0 aromatic rings. The Morgan fingerprint density at radius 2 is 1.94 bits per heavy atom. The summed E-state index contributed by atoms with van der Waals surface area (Å²) in [4.78, 5) is 22.7. The molecule has 0 spiro atoms. The van der Waals surface area contributed by atoms with E-state index in [1.54, 1.807) is 0 Å². The number of nitrogens with zero attached hydrogens (tertiary/aromatic N) is 1. The van der Waals surface area contributed by atoms with Crippen LogP contribution in [-0.4, -0.2) is 30.4 Å². The van der Waals surface area contributed by atoms with Gasteiger partial charge in [0.25, 0.3) is 0 Å². The number of amides is 1. The molecular formula is C11H18KNO3. The Kier molecular flexibility index (Phi) is 13.8. The van der Waals surface area contributed by atoms with Gasteiger partial charge in [-0.15, -0.1) is 0 Å². The third kappa shape index (κ3) is 10.8. The van der Waals surface area contributed by atoms with E-state index in [0.717, 1.165) is 19.3 Å². The second-order valence-electron chi connectivity index (χ2n) is 3.39. The first kappa shape index (κ1) is 18.7.